The summed E-state index contributed by atoms with van der Waals surface area (Å²) in [5.41, 5.74) is 2.82. The largest absolute Gasteiger partial charge is 0.497 e. The monoisotopic (exact) mass is 653 g/mol. The Morgan fingerprint density at radius 2 is 1.63 bits per heavy atom. The summed E-state index contributed by atoms with van der Waals surface area (Å²) in [4.78, 5) is 15.8. The molecule has 254 valence electrons. The van der Waals surface area contributed by atoms with Crippen LogP contribution in [0.4, 0.5) is 0 Å². The van der Waals surface area contributed by atoms with Gasteiger partial charge < -0.3 is 19.7 Å². The molecule has 9 heteroatoms. The summed E-state index contributed by atoms with van der Waals surface area (Å²) in [5, 5.41) is 3.12. The molecule has 2 heterocycles. The summed E-state index contributed by atoms with van der Waals surface area (Å²) in [6.45, 7) is 8.13. The number of aryl methyl sites for hydroxylation is 3. The van der Waals surface area contributed by atoms with Gasteiger partial charge in [-0.25, -0.2) is 8.42 Å². The van der Waals surface area contributed by atoms with Crippen molar-refractivity contribution in [3.05, 3.63) is 59.2 Å². The maximum atomic E-state index is 13.6. The van der Waals surface area contributed by atoms with Crippen LogP contribution in [0.3, 0.4) is 0 Å². The fraction of sp³-hybridized carbons (Fsp3) is 0.649. The number of likely N-dealkylation sites (tertiary alicyclic amines) is 1. The molecule has 3 fully saturated rings. The number of rotatable bonds is 14. The molecule has 2 aromatic carbocycles. The second-order valence-electron chi connectivity index (χ2n) is 13.9. The predicted octanol–water partition coefficient (Wildman–Crippen LogP) is 5.75. The van der Waals surface area contributed by atoms with Crippen molar-refractivity contribution in [3.8, 4) is 5.75 Å². The Morgan fingerprint density at radius 3 is 2.30 bits per heavy atom. The molecule has 1 aliphatic carbocycles. The molecule has 3 aliphatic rings. The highest BCUT2D eigenvalue weighted by molar-refractivity contribution is 7.89. The normalized spacial score (nSPS) is 23.7. The highest BCUT2D eigenvalue weighted by Crippen LogP contribution is 2.36. The van der Waals surface area contributed by atoms with E-state index in [1.165, 1.54) is 63.6 Å². The molecule has 8 nitrogen and oxygen atoms in total. The van der Waals surface area contributed by atoms with Crippen molar-refractivity contribution < 1.29 is 22.7 Å². The minimum atomic E-state index is -3.63. The maximum absolute atomic E-state index is 13.6. The van der Waals surface area contributed by atoms with E-state index < -0.39 is 10.0 Å². The molecule has 1 saturated carbocycles. The van der Waals surface area contributed by atoms with Crippen LogP contribution in [0.15, 0.2) is 47.4 Å². The highest BCUT2D eigenvalue weighted by Gasteiger charge is 2.34. The van der Waals surface area contributed by atoms with Gasteiger partial charge in [-0.15, -0.1) is 0 Å². The molecule has 1 amide bonds. The lowest BCUT2D eigenvalue weighted by Crippen LogP contribution is -2.42. The molecule has 1 N–H and O–H groups in total. The number of sulfonamides is 1. The van der Waals surface area contributed by atoms with E-state index >= 15 is 0 Å². The molecular weight excluding hydrogens is 598 g/mol. The molecule has 2 saturated heterocycles. The second kappa shape index (κ2) is 16.6. The molecule has 2 aliphatic heterocycles. The smallest absolute Gasteiger partial charge is 0.246 e. The number of amides is 1. The van der Waals surface area contributed by atoms with E-state index in [0.717, 1.165) is 25.2 Å². The number of piperidine rings is 1. The summed E-state index contributed by atoms with van der Waals surface area (Å²) in [5.74, 6) is 1.91. The average Bonchev–Trinajstić information content (AvgIpc) is 3.59. The van der Waals surface area contributed by atoms with Gasteiger partial charge in [-0.1, -0.05) is 30.3 Å². The molecular formula is C37H55N3O5S. The number of carbonyl (C=O) groups excluding carboxylic acids is 1. The lowest BCUT2D eigenvalue weighted by atomic mass is 9.76. The molecule has 46 heavy (non-hydrogen) atoms. The number of ether oxygens (including phenoxy) is 2. The van der Waals surface area contributed by atoms with Gasteiger partial charge in [0, 0.05) is 25.7 Å². The molecule has 5 rings (SSSR count). The van der Waals surface area contributed by atoms with Crippen molar-refractivity contribution in [2.24, 2.45) is 17.8 Å². The van der Waals surface area contributed by atoms with Crippen LogP contribution < -0.4 is 10.1 Å². The van der Waals surface area contributed by atoms with Gasteiger partial charge in [0.1, 0.15) is 12.4 Å². The first-order chi connectivity index (χ1) is 22.2. The van der Waals surface area contributed by atoms with E-state index in [9.17, 15) is 13.2 Å². The Morgan fingerprint density at radius 1 is 0.935 bits per heavy atom. The van der Waals surface area contributed by atoms with Crippen molar-refractivity contribution >= 4 is 15.9 Å². The summed E-state index contributed by atoms with van der Waals surface area (Å²) >= 11 is 0. The predicted molar refractivity (Wildman–Crippen MR) is 183 cm³/mol. The van der Waals surface area contributed by atoms with Crippen LogP contribution in [0, 0.1) is 31.6 Å². The van der Waals surface area contributed by atoms with Gasteiger partial charge in [-0.3, -0.25) is 4.79 Å². The fourth-order valence-electron chi connectivity index (χ4n) is 8.10. The summed E-state index contributed by atoms with van der Waals surface area (Å²) in [6, 6.07) is 15.1. The minimum absolute atomic E-state index is 0.0197. The van der Waals surface area contributed by atoms with E-state index in [1.54, 1.807) is 23.5 Å². The summed E-state index contributed by atoms with van der Waals surface area (Å²) < 4.78 is 39.9. The van der Waals surface area contributed by atoms with E-state index in [0.29, 0.717) is 60.0 Å². The van der Waals surface area contributed by atoms with Crippen molar-refractivity contribution in [1.82, 2.24) is 14.5 Å². The Balaban J connectivity index is 1.02. The van der Waals surface area contributed by atoms with Crippen molar-refractivity contribution in [1.29, 1.82) is 0 Å². The number of methoxy groups -OCH3 is 1. The van der Waals surface area contributed by atoms with Crippen LogP contribution in [-0.4, -0.2) is 82.6 Å². The lowest BCUT2D eigenvalue weighted by Gasteiger charge is -2.39. The second-order valence-corrected chi connectivity index (χ2v) is 15.8. The molecule has 0 aromatic heterocycles. The Hall–Kier alpha value is -2.46. The average molecular weight is 654 g/mol. The van der Waals surface area contributed by atoms with Gasteiger partial charge >= 0.3 is 0 Å². The zero-order chi connectivity index (χ0) is 32.5. The SMILES string of the molecule is COc1cc(C)c(S(=O)(=O)N2CCCC(COCC(=O)NCC3CCC(C(CCc4ccccc4)N4CCCC4)CC3)C2)c(C)c1. The number of nitrogens with zero attached hydrogens (tertiary/aromatic N) is 2. The topological polar surface area (TPSA) is 88.2 Å². The first-order valence-corrected chi connectivity index (χ1v) is 19.0. The first kappa shape index (κ1) is 34.9. The van der Waals surface area contributed by atoms with Crippen LogP contribution in [0.5, 0.6) is 5.75 Å². The van der Waals surface area contributed by atoms with Crippen LogP contribution in [-0.2, 0) is 26.0 Å². The standard InChI is InChI=1S/C37H55N3O5S/c1-28-22-34(44-3)23-29(2)37(28)46(42,43)40-21-9-12-32(25-40)26-45-27-36(41)38-24-31-13-16-33(17-14-31)35(39-19-7-8-20-39)18-15-30-10-5-4-6-11-30/h4-6,10-11,22-23,31-33,35H,7-9,12-21,24-27H2,1-3H3,(H,38,41). The molecule has 2 unspecified atom stereocenters. The lowest BCUT2D eigenvalue weighted by molar-refractivity contribution is -0.126. The third-order valence-corrected chi connectivity index (χ3v) is 12.7. The number of nitrogens with one attached hydrogen (secondary N) is 1. The number of benzene rings is 2. The van der Waals surface area contributed by atoms with Crippen molar-refractivity contribution in [2.75, 3.05) is 53.0 Å². The van der Waals surface area contributed by atoms with E-state index in [4.69, 9.17) is 9.47 Å². The van der Waals surface area contributed by atoms with Gasteiger partial charge in [0.2, 0.25) is 15.9 Å². The quantitative estimate of drug-likeness (QED) is 0.280. The van der Waals surface area contributed by atoms with E-state index in [2.05, 4.69) is 40.5 Å². The van der Waals surface area contributed by atoms with E-state index in [1.807, 2.05) is 13.8 Å². The van der Waals surface area contributed by atoms with Gasteiger partial charge in [0.25, 0.3) is 0 Å². The Bertz CT molecular complexity index is 1350. The Labute approximate surface area is 277 Å². The van der Waals surface area contributed by atoms with Crippen molar-refractivity contribution in [3.63, 3.8) is 0 Å². The zero-order valence-electron chi connectivity index (χ0n) is 28.2. The van der Waals surface area contributed by atoms with Gasteiger partial charge in [-0.05, 0) is 138 Å². The minimum Gasteiger partial charge on any atom is -0.497 e. The maximum Gasteiger partial charge on any atom is 0.246 e. The van der Waals surface area contributed by atoms with Crippen LogP contribution in [0.2, 0.25) is 0 Å². The third-order valence-electron chi connectivity index (χ3n) is 10.5. The number of hydrogen-bond acceptors (Lipinski definition) is 6. The molecule has 0 radical (unpaired) electrons. The van der Waals surface area contributed by atoms with Crippen LogP contribution in [0.1, 0.15) is 74.5 Å². The van der Waals surface area contributed by atoms with E-state index in [-0.39, 0.29) is 18.4 Å². The molecule has 0 bridgehead atoms. The fourth-order valence-corrected chi connectivity index (χ4v) is 10.1. The van der Waals surface area contributed by atoms with Crippen LogP contribution in [0.25, 0.3) is 0 Å². The van der Waals surface area contributed by atoms with Gasteiger partial charge in [-0.2, -0.15) is 4.31 Å². The van der Waals surface area contributed by atoms with Crippen LogP contribution >= 0.6 is 0 Å². The molecule has 2 atom stereocenters. The summed E-state index contributed by atoms with van der Waals surface area (Å²) in [7, 11) is -2.05. The highest BCUT2D eigenvalue weighted by atomic mass is 32.2. The third kappa shape index (κ3) is 9.12. The number of carbonyl (C=O) groups is 1. The zero-order valence-corrected chi connectivity index (χ0v) is 29.0. The van der Waals surface area contributed by atoms with Crippen molar-refractivity contribution in [2.45, 2.75) is 89.0 Å². The molecule has 2 aromatic rings. The first-order valence-electron chi connectivity index (χ1n) is 17.5. The van der Waals surface area contributed by atoms with Gasteiger partial charge in [0.05, 0.1) is 18.6 Å². The molecule has 0 spiro atoms. The van der Waals surface area contributed by atoms with Gasteiger partial charge in [0.15, 0.2) is 0 Å². The summed E-state index contributed by atoms with van der Waals surface area (Å²) in [6.07, 6.45) is 11.5. The number of hydrogen-bond donors (Lipinski definition) is 1. The Kier molecular flexibility index (Phi) is 12.6.